The molecule has 3 rings (SSSR count). The molecule has 1 N–H and O–H groups in total. The number of nitrogens with one attached hydrogen (secondary N) is 1. The molecule has 0 saturated carbocycles. The summed E-state index contributed by atoms with van der Waals surface area (Å²) in [6.45, 7) is 12.8. The minimum atomic E-state index is -3.65. The number of sulfonamides is 1. The van der Waals surface area contributed by atoms with Gasteiger partial charge >= 0.3 is 0 Å². The van der Waals surface area contributed by atoms with E-state index in [-0.39, 0.29) is 18.9 Å². The van der Waals surface area contributed by atoms with Crippen LogP contribution in [0, 0.1) is 18.8 Å². The number of hydrogen-bond donors (Lipinski definition) is 1. The van der Waals surface area contributed by atoms with E-state index in [0.29, 0.717) is 42.9 Å². The summed E-state index contributed by atoms with van der Waals surface area (Å²) in [5.74, 6) is 1.28. The summed E-state index contributed by atoms with van der Waals surface area (Å²) in [6, 6.07) is 6.98. The van der Waals surface area contributed by atoms with E-state index < -0.39 is 10.0 Å². The Bertz CT molecular complexity index is 812. The van der Waals surface area contributed by atoms with Gasteiger partial charge in [-0.1, -0.05) is 31.5 Å². The normalized spacial score (nSPS) is 23.3. The summed E-state index contributed by atoms with van der Waals surface area (Å²) in [4.78, 5) is 17.2. The average Bonchev–Trinajstić information content (AvgIpc) is 2.73. The molecule has 2 aliphatic rings. The Morgan fingerprint density at radius 3 is 2.29 bits per heavy atom. The van der Waals surface area contributed by atoms with Crippen molar-refractivity contribution in [3.8, 4) is 0 Å². The molecule has 174 valence electrons. The largest absolute Gasteiger partial charge is 0.340 e. The van der Waals surface area contributed by atoms with Gasteiger partial charge < -0.3 is 15.1 Å². The minimum Gasteiger partial charge on any atom is -0.340 e. The van der Waals surface area contributed by atoms with Crippen LogP contribution in [-0.2, 0) is 14.8 Å². The van der Waals surface area contributed by atoms with E-state index >= 15 is 0 Å². The number of likely N-dealkylation sites (tertiary alicyclic amines) is 1. The monoisotopic (exact) mass is 450 g/mol. The highest BCUT2D eigenvalue weighted by Crippen LogP contribution is 2.22. The fraction of sp³-hybridized carbons (Fsp3) is 0.696. The molecule has 2 atom stereocenters. The molecule has 31 heavy (non-hydrogen) atoms. The molecule has 0 aliphatic carbocycles. The summed E-state index contributed by atoms with van der Waals surface area (Å²) in [7, 11) is -3.65. The van der Waals surface area contributed by atoms with Crippen LogP contribution in [0.25, 0.3) is 0 Å². The number of carbonyl (C=O) groups excluding carboxylic acids is 1. The standard InChI is InChI=1S/C23H38N4O3S/c1-19-4-6-22(7-5-19)31(29,30)27(11-8-23(28)26-12-9-24-10-13-26)15-14-25-17-20(2)16-21(3)18-25/h4-7,20-21,24H,8-18H2,1-3H3/t20-,21-/m0/s1. The molecule has 0 aromatic heterocycles. The molecule has 7 nitrogen and oxygen atoms in total. The van der Waals surface area contributed by atoms with Crippen LogP contribution in [0.3, 0.4) is 0 Å². The summed E-state index contributed by atoms with van der Waals surface area (Å²) in [6.07, 6.45) is 1.44. The Balaban J connectivity index is 1.69. The van der Waals surface area contributed by atoms with Crippen LogP contribution in [-0.4, -0.2) is 87.3 Å². The third-order valence-electron chi connectivity index (χ3n) is 6.31. The zero-order valence-corrected chi connectivity index (χ0v) is 20.0. The van der Waals surface area contributed by atoms with Crippen molar-refractivity contribution in [1.82, 2.24) is 19.4 Å². The van der Waals surface area contributed by atoms with Crippen LogP contribution in [0.15, 0.2) is 29.2 Å². The number of piperidine rings is 1. The first-order chi connectivity index (χ1) is 14.8. The van der Waals surface area contributed by atoms with Crippen LogP contribution < -0.4 is 5.32 Å². The number of carbonyl (C=O) groups is 1. The second kappa shape index (κ2) is 10.9. The number of nitrogens with zero attached hydrogens (tertiary/aromatic N) is 3. The minimum absolute atomic E-state index is 0.0332. The average molecular weight is 451 g/mol. The SMILES string of the molecule is Cc1ccc(S(=O)(=O)N(CCC(=O)N2CCNCC2)CCN2C[C@@H](C)C[C@H](C)C2)cc1. The zero-order chi connectivity index (χ0) is 22.4. The third kappa shape index (κ3) is 6.75. The quantitative estimate of drug-likeness (QED) is 0.654. The van der Waals surface area contributed by atoms with Gasteiger partial charge in [-0.05, 0) is 37.3 Å². The van der Waals surface area contributed by atoms with Gasteiger partial charge in [-0.3, -0.25) is 4.79 Å². The first-order valence-corrected chi connectivity index (χ1v) is 13.0. The van der Waals surface area contributed by atoms with E-state index in [0.717, 1.165) is 31.7 Å². The lowest BCUT2D eigenvalue weighted by Crippen LogP contribution is -2.48. The Hall–Kier alpha value is -1.48. The van der Waals surface area contributed by atoms with E-state index in [1.165, 1.54) is 10.7 Å². The smallest absolute Gasteiger partial charge is 0.243 e. The molecule has 0 spiro atoms. The number of piperazine rings is 1. The van der Waals surface area contributed by atoms with Gasteiger partial charge in [0, 0.05) is 65.3 Å². The Morgan fingerprint density at radius 2 is 1.68 bits per heavy atom. The first-order valence-electron chi connectivity index (χ1n) is 11.5. The van der Waals surface area contributed by atoms with Gasteiger partial charge in [0.25, 0.3) is 0 Å². The highest BCUT2D eigenvalue weighted by atomic mass is 32.2. The molecule has 1 amide bonds. The molecule has 1 aromatic rings. The summed E-state index contributed by atoms with van der Waals surface area (Å²) >= 11 is 0. The van der Waals surface area contributed by atoms with Crippen LogP contribution in [0.5, 0.6) is 0 Å². The molecule has 1 aromatic carbocycles. The van der Waals surface area contributed by atoms with Crippen molar-refractivity contribution in [2.45, 2.75) is 38.5 Å². The Labute approximate surface area is 187 Å². The van der Waals surface area contributed by atoms with Gasteiger partial charge in [0.1, 0.15) is 0 Å². The maximum Gasteiger partial charge on any atom is 0.243 e. The fourth-order valence-electron chi connectivity index (χ4n) is 4.73. The predicted octanol–water partition coefficient (Wildman–Crippen LogP) is 1.79. The Kier molecular flexibility index (Phi) is 8.50. The van der Waals surface area contributed by atoms with Crippen molar-refractivity contribution in [3.05, 3.63) is 29.8 Å². The molecular formula is C23H38N4O3S. The van der Waals surface area contributed by atoms with E-state index in [2.05, 4.69) is 24.1 Å². The number of amides is 1. The van der Waals surface area contributed by atoms with Gasteiger partial charge in [-0.2, -0.15) is 4.31 Å². The maximum absolute atomic E-state index is 13.4. The van der Waals surface area contributed by atoms with Crippen molar-refractivity contribution < 1.29 is 13.2 Å². The molecule has 2 saturated heterocycles. The Morgan fingerprint density at radius 1 is 1.06 bits per heavy atom. The second-order valence-corrected chi connectivity index (χ2v) is 11.2. The van der Waals surface area contributed by atoms with Crippen molar-refractivity contribution >= 4 is 15.9 Å². The lowest BCUT2D eigenvalue weighted by atomic mass is 9.92. The van der Waals surface area contributed by atoms with Gasteiger partial charge in [-0.25, -0.2) is 8.42 Å². The van der Waals surface area contributed by atoms with Gasteiger partial charge in [0.15, 0.2) is 0 Å². The molecule has 0 unspecified atom stereocenters. The molecule has 2 heterocycles. The van der Waals surface area contributed by atoms with E-state index in [9.17, 15) is 13.2 Å². The van der Waals surface area contributed by atoms with E-state index in [1.54, 1.807) is 12.1 Å². The van der Waals surface area contributed by atoms with Gasteiger partial charge in [-0.15, -0.1) is 0 Å². The number of hydrogen-bond acceptors (Lipinski definition) is 5. The molecule has 0 radical (unpaired) electrons. The van der Waals surface area contributed by atoms with Crippen LogP contribution >= 0.6 is 0 Å². The number of benzene rings is 1. The van der Waals surface area contributed by atoms with Crippen molar-refractivity contribution in [2.75, 3.05) is 58.9 Å². The molecule has 2 fully saturated rings. The van der Waals surface area contributed by atoms with Crippen LogP contribution in [0.4, 0.5) is 0 Å². The molecule has 8 heteroatoms. The summed E-state index contributed by atoms with van der Waals surface area (Å²) < 4.78 is 28.3. The van der Waals surface area contributed by atoms with E-state index in [4.69, 9.17) is 0 Å². The lowest BCUT2D eigenvalue weighted by molar-refractivity contribution is -0.131. The molecule has 0 bridgehead atoms. The molecular weight excluding hydrogens is 412 g/mol. The zero-order valence-electron chi connectivity index (χ0n) is 19.2. The summed E-state index contributed by atoms with van der Waals surface area (Å²) in [5.41, 5.74) is 1.02. The first kappa shape index (κ1) is 24.2. The van der Waals surface area contributed by atoms with Crippen molar-refractivity contribution in [2.24, 2.45) is 11.8 Å². The second-order valence-electron chi connectivity index (χ2n) is 9.30. The lowest BCUT2D eigenvalue weighted by Gasteiger charge is -2.36. The third-order valence-corrected chi connectivity index (χ3v) is 8.23. The maximum atomic E-state index is 13.4. The van der Waals surface area contributed by atoms with Crippen LogP contribution in [0.2, 0.25) is 0 Å². The summed E-state index contributed by atoms with van der Waals surface area (Å²) in [5, 5.41) is 3.24. The van der Waals surface area contributed by atoms with Crippen LogP contribution in [0.1, 0.15) is 32.3 Å². The van der Waals surface area contributed by atoms with E-state index in [1.807, 2.05) is 24.0 Å². The fourth-order valence-corrected chi connectivity index (χ4v) is 6.16. The number of rotatable bonds is 8. The van der Waals surface area contributed by atoms with Gasteiger partial charge in [0.05, 0.1) is 4.90 Å². The van der Waals surface area contributed by atoms with Gasteiger partial charge in [0.2, 0.25) is 15.9 Å². The highest BCUT2D eigenvalue weighted by Gasteiger charge is 2.28. The number of aryl methyl sites for hydroxylation is 1. The highest BCUT2D eigenvalue weighted by molar-refractivity contribution is 7.89. The predicted molar refractivity (Wildman–Crippen MR) is 123 cm³/mol. The van der Waals surface area contributed by atoms with Crippen molar-refractivity contribution in [3.63, 3.8) is 0 Å². The molecule has 2 aliphatic heterocycles. The topological polar surface area (TPSA) is 73.0 Å². The van der Waals surface area contributed by atoms with Crippen molar-refractivity contribution in [1.29, 1.82) is 0 Å².